The number of tetrazole rings is 1. The van der Waals surface area contributed by atoms with E-state index in [0.717, 1.165) is 16.9 Å². The molecule has 0 amide bonds. The van der Waals surface area contributed by atoms with Crippen LogP contribution in [0.4, 0.5) is 5.95 Å². The number of rotatable bonds is 8. The lowest BCUT2D eigenvalue weighted by Crippen LogP contribution is -2.08. The third-order valence-corrected chi connectivity index (χ3v) is 3.71. The van der Waals surface area contributed by atoms with Crippen molar-refractivity contribution in [3.8, 4) is 5.75 Å². The summed E-state index contributed by atoms with van der Waals surface area (Å²) in [6.45, 7) is 7.50. The summed E-state index contributed by atoms with van der Waals surface area (Å²) in [5, 5.41) is 14.8. The highest BCUT2D eigenvalue weighted by Crippen LogP contribution is 2.16. The molecule has 0 saturated carbocycles. The van der Waals surface area contributed by atoms with Crippen LogP contribution in [0.1, 0.15) is 16.7 Å². The highest BCUT2D eigenvalue weighted by molar-refractivity contribution is 5.32. The number of ether oxygens (including phenoxy) is 1. The smallest absolute Gasteiger partial charge is 0.243 e. The Balaban J connectivity index is 1.58. The summed E-state index contributed by atoms with van der Waals surface area (Å²) < 4.78 is 7.54. The molecule has 3 rings (SSSR count). The highest BCUT2D eigenvalue weighted by atomic mass is 16.5. The summed E-state index contributed by atoms with van der Waals surface area (Å²) in [6.07, 6.45) is 1.75. The number of benzene rings is 2. The number of hydrogen-bond donors (Lipinski definition) is 1. The maximum Gasteiger partial charge on any atom is 0.243 e. The molecule has 1 heterocycles. The number of allylic oxidation sites excluding steroid dienone is 1. The second kappa shape index (κ2) is 8.10. The van der Waals surface area contributed by atoms with Crippen molar-refractivity contribution in [3.05, 3.63) is 77.9 Å². The summed E-state index contributed by atoms with van der Waals surface area (Å²) in [6, 6.07) is 16.3. The van der Waals surface area contributed by atoms with Crippen LogP contribution in [0.15, 0.2) is 61.2 Å². The number of aryl methyl sites for hydroxylation is 1. The topological polar surface area (TPSA) is 64.9 Å². The van der Waals surface area contributed by atoms with Crippen LogP contribution in [-0.2, 0) is 19.7 Å². The Hall–Kier alpha value is -3.15. The van der Waals surface area contributed by atoms with Gasteiger partial charge in [-0.25, -0.2) is 4.68 Å². The maximum atomic E-state index is 5.89. The summed E-state index contributed by atoms with van der Waals surface area (Å²) in [4.78, 5) is 0. The van der Waals surface area contributed by atoms with E-state index in [4.69, 9.17) is 4.74 Å². The predicted octanol–water partition coefficient (Wildman–Crippen LogP) is 3.36. The van der Waals surface area contributed by atoms with Gasteiger partial charge >= 0.3 is 0 Å². The molecule has 0 radical (unpaired) electrons. The van der Waals surface area contributed by atoms with E-state index in [2.05, 4.69) is 58.6 Å². The van der Waals surface area contributed by atoms with Gasteiger partial charge in [-0.15, -0.1) is 6.58 Å². The first-order valence-electron chi connectivity index (χ1n) is 8.13. The summed E-state index contributed by atoms with van der Waals surface area (Å²) in [5.41, 5.74) is 3.49. The summed E-state index contributed by atoms with van der Waals surface area (Å²) >= 11 is 0. The van der Waals surface area contributed by atoms with Gasteiger partial charge in [0.1, 0.15) is 12.4 Å². The minimum absolute atomic E-state index is 0.550. The van der Waals surface area contributed by atoms with Crippen molar-refractivity contribution in [1.82, 2.24) is 20.2 Å². The van der Waals surface area contributed by atoms with Gasteiger partial charge in [-0.05, 0) is 40.6 Å². The second-order valence-corrected chi connectivity index (χ2v) is 5.75. The fourth-order valence-electron chi connectivity index (χ4n) is 2.35. The Labute approximate surface area is 147 Å². The third kappa shape index (κ3) is 4.67. The monoisotopic (exact) mass is 335 g/mol. The van der Waals surface area contributed by atoms with Crippen LogP contribution < -0.4 is 10.1 Å². The second-order valence-electron chi connectivity index (χ2n) is 5.75. The average molecular weight is 335 g/mol. The van der Waals surface area contributed by atoms with E-state index in [1.54, 1.807) is 10.8 Å². The molecule has 128 valence electrons. The molecule has 6 heteroatoms. The van der Waals surface area contributed by atoms with Gasteiger partial charge in [0, 0.05) is 6.54 Å². The Morgan fingerprint density at radius 1 is 1.16 bits per heavy atom. The largest absolute Gasteiger partial charge is 0.489 e. The molecule has 2 aromatic carbocycles. The number of aromatic nitrogens is 4. The van der Waals surface area contributed by atoms with Crippen LogP contribution in [0, 0.1) is 6.92 Å². The van der Waals surface area contributed by atoms with Gasteiger partial charge in [0.15, 0.2) is 0 Å². The molecule has 1 aromatic heterocycles. The van der Waals surface area contributed by atoms with E-state index in [1.807, 2.05) is 24.3 Å². The van der Waals surface area contributed by atoms with Crippen molar-refractivity contribution in [3.63, 3.8) is 0 Å². The molecule has 0 unspecified atom stereocenters. The van der Waals surface area contributed by atoms with Gasteiger partial charge in [-0.3, -0.25) is 0 Å². The summed E-state index contributed by atoms with van der Waals surface area (Å²) in [5.74, 6) is 1.46. The first-order valence-corrected chi connectivity index (χ1v) is 8.13. The van der Waals surface area contributed by atoms with E-state index in [0.29, 0.717) is 25.6 Å². The highest BCUT2D eigenvalue weighted by Gasteiger charge is 2.04. The van der Waals surface area contributed by atoms with Crippen LogP contribution in [0.3, 0.4) is 0 Å². The van der Waals surface area contributed by atoms with E-state index < -0.39 is 0 Å². The van der Waals surface area contributed by atoms with Crippen LogP contribution >= 0.6 is 0 Å². The lowest BCUT2D eigenvalue weighted by Gasteiger charge is -2.09. The standard InChI is InChI=1S/C19H21N5O/c1-3-11-24-19(21-22-23-24)20-13-17-5-4-6-18(12-17)25-14-16-9-7-15(2)8-10-16/h3-10,12H,1,11,13-14H2,2H3,(H,20,21,23). The minimum Gasteiger partial charge on any atom is -0.489 e. The Bertz CT molecular complexity index is 826. The van der Waals surface area contributed by atoms with Crippen molar-refractivity contribution >= 4 is 5.95 Å². The van der Waals surface area contributed by atoms with Gasteiger partial charge in [-0.2, -0.15) is 0 Å². The van der Waals surface area contributed by atoms with Crippen LogP contribution in [0.25, 0.3) is 0 Å². The Morgan fingerprint density at radius 3 is 2.80 bits per heavy atom. The van der Waals surface area contributed by atoms with Crippen LogP contribution in [0.5, 0.6) is 5.75 Å². The van der Waals surface area contributed by atoms with Gasteiger partial charge in [-0.1, -0.05) is 53.1 Å². The minimum atomic E-state index is 0.550. The molecule has 1 N–H and O–H groups in total. The molecule has 0 aliphatic carbocycles. The van der Waals surface area contributed by atoms with Crippen LogP contribution in [0.2, 0.25) is 0 Å². The molecule has 0 spiro atoms. The molecule has 0 aliphatic rings. The van der Waals surface area contributed by atoms with Gasteiger partial charge < -0.3 is 10.1 Å². The molecule has 3 aromatic rings. The molecule has 0 saturated heterocycles. The van der Waals surface area contributed by atoms with Crippen LogP contribution in [-0.4, -0.2) is 20.2 Å². The van der Waals surface area contributed by atoms with E-state index >= 15 is 0 Å². The van der Waals surface area contributed by atoms with Crippen molar-refractivity contribution in [2.75, 3.05) is 5.32 Å². The number of anilines is 1. The third-order valence-electron chi connectivity index (χ3n) is 3.71. The molecule has 6 nitrogen and oxygen atoms in total. The van der Waals surface area contributed by atoms with Crippen molar-refractivity contribution in [2.45, 2.75) is 26.6 Å². The first-order chi connectivity index (χ1) is 12.2. The van der Waals surface area contributed by atoms with E-state index in [1.165, 1.54) is 5.56 Å². The molecular weight excluding hydrogens is 314 g/mol. The molecule has 0 aliphatic heterocycles. The van der Waals surface area contributed by atoms with Gasteiger partial charge in [0.2, 0.25) is 5.95 Å². The van der Waals surface area contributed by atoms with Crippen molar-refractivity contribution in [1.29, 1.82) is 0 Å². The number of hydrogen-bond acceptors (Lipinski definition) is 5. The lowest BCUT2D eigenvalue weighted by molar-refractivity contribution is 0.306. The van der Waals surface area contributed by atoms with Gasteiger partial charge in [0.05, 0.1) is 6.54 Å². The Morgan fingerprint density at radius 2 is 2.00 bits per heavy atom. The van der Waals surface area contributed by atoms with Gasteiger partial charge in [0.25, 0.3) is 0 Å². The van der Waals surface area contributed by atoms with Crippen molar-refractivity contribution < 1.29 is 4.74 Å². The molecule has 0 bridgehead atoms. The SMILES string of the molecule is C=CCn1nnnc1NCc1cccc(OCc2ccc(C)cc2)c1. The molecule has 0 fully saturated rings. The zero-order valence-electron chi connectivity index (χ0n) is 14.2. The Kier molecular flexibility index (Phi) is 5.41. The lowest BCUT2D eigenvalue weighted by atomic mass is 10.2. The van der Waals surface area contributed by atoms with Crippen molar-refractivity contribution in [2.24, 2.45) is 0 Å². The normalized spacial score (nSPS) is 10.4. The predicted molar refractivity (Wildman–Crippen MR) is 97.3 cm³/mol. The fourth-order valence-corrected chi connectivity index (χ4v) is 2.35. The van der Waals surface area contributed by atoms with E-state index in [-0.39, 0.29) is 0 Å². The zero-order valence-corrected chi connectivity index (χ0v) is 14.2. The number of nitrogens with zero attached hydrogens (tertiary/aromatic N) is 4. The quantitative estimate of drug-likeness (QED) is 0.640. The first kappa shape index (κ1) is 16.7. The summed E-state index contributed by atoms with van der Waals surface area (Å²) in [7, 11) is 0. The number of nitrogens with one attached hydrogen (secondary N) is 1. The zero-order chi connectivity index (χ0) is 17.5. The average Bonchev–Trinajstić information content (AvgIpc) is 3.07. The molecular formula is C19H21N5O. The van der Waals surface area contributed by atoms with E-state index in [9.17, 15) is 0 Å². The fraction of sp³-hybridized carbons (Fsp3) is 0.211. The maximum absolute atomic E-state index is 5.89. The molecule has 25 heavy (non-hydrogen) atoms. The molecule has 0 atom stereocenters.